The van der Waals surface area contributed by atoms with Crippen LogP contribution in [-0.2, 0) is 11.3 Å². The molecule has 4 rings (SSSR count). The minimum Gasteiger partial charge on any atom is -0.490 e. The van der Waals surface area contributed by atoms with Gasteiger partial charge in [-0.15, -0.1) is 0 Å². The van der Waals surface area contributed by atoms with Crippen LogP contribution in [0.3, 0.4) is 0 Å². The van der Waals surface area contributed by atoms with Crippen LogP contribution < -0.4 is 10.1 Å². The van der Waals surface area contributed by atoms with Crippen molar-refractivity contribution in [2.45, 2.75) is 12.7 Å². The van der Waals surface area contributed by atoms with Crippen LogP contribution in [0.25, 0.3) is 22.3 Å². The van der Waals surface area contributed by atoms with E-state index in [1.807, 2.05) is 0 Å². The molecule has 1 aromatic carbocycles. The Morgan fingerprint density at radius 2 is 2.24 bits per heavy atom. The van der Waals surface area contributed by atoms with Crippen molar-refractivity contribution >= 4 is 17.0 Å². The molecule has 2 N–H and O–H groups in total. The molecule has 4 bridgehead atoms. The summed E-state index contributed by atoms with van der Waals surface area (Å²) in [6, 6.07) is 5.30. The number of halogens is 1. The summed E-state index contributed by atoms with van der Waals surface area (Å²) in [4.78, 5) is 12.9. The first kappa shape index (κ1) is 15.4. The molecule has 0 radical (unpaired) electrons. The molecule has 1 atom stereocenters. The zero-order valence-electron chi connectivity index (χ0n) is 13.1. The first-order valence-electron chi connectivity index (χ1n) is 7.75. The normalized spacial score (nSPS) is 18.6. The summed E-state index contributed by atoms with van der Waals surface area (Å²) in [5, 5.41) is 18.8. The van der Waals surface area contributed by atoms with Crippen molar-refractivity contribution in [3.8, 4) is 17.1 Å². The van der Waals surface area contributed by atoms with Gasteiger partial charge in [0.2, 0.25) is 0 Å². The Bertz CT molecular complexity index is 908. The number of rotatable bonds is 0. The number of nitrogens with one attached hydrogen (secondary N) is 2. The van der Waals surface area contributed by atoms with Crippen molar-refractivity contribution in [2.75, 3.05) is 19.8 Å². The predicted molar refractivity (Wildman–Crippen MR) is 84.9 cm³/mol. The van der Waals surface area contributed by atoms with Crippen molar-refractivity contribution in [1.29, 1.82) is 0 Å². The fourth-order valence-corrected chi connectivity index (χ4v) is 2.50. The molecule has 25 heavy (non-hydrogen) atoms. The highest BCUT2D eigenvalue weighted by molar-refractivity contribution is 5.92. The highest BCUT2D eigenvalue weighted by Gasteiger charge is 2.15. The van der Waals surface area contributed by atoms with Crippen molar-refractivity contribution in [2.24, 2.45) is 0 Å². The first-order valence-corrected chi connectivity index (χ1v) is 7.75. The molecule has 1 amide bonds. The van der Waals surface area contributed by atoms with Gasteiger partial charge in [0.15, 0.2) is 6.17 Å². The molecule has 130 valence electrons. The van der Waals surface area contributed by atoms with E-state index in [1.54, 1.807) is 24.4 Å². The molecule has 3 heterocycles. The number of benzene rings is 1. The standard InChI is InChI=1S/C15H15FN6O3/c16-9-6-17-15(23)24-4-3-22-18-7-13(21-22)14-11-5-10(25-8-9)1-2-12(11)19-20-14/h1-2,5,7,9H,3-4,6,8H2,(H,17,23)(H,19,20)/t9-/m0/s1. The molecule has 10 heteroatoms. The molecule has 3 aromatic rings. The molecule has 0 saturated carbocycles. The van der Waals surface area contributed by atoms with E-state index in [0.717, 1.165) is 10.9 Å². The van der Waals surface area contributed by atoms with Crippen molar-refractivity contribution < 1.29 is 18.7 Å². The Balaban J connectivity index is 1.69. The number of carbonyl (C=O) groups is 1. The summed E-state index contributed by atoms with van der Waals surface area (Å²) < 4.78 is 24.3. The van der Waals surface area contributed by atoms with Gasteiger partial charge in [0.1, 0.15) is 30.4 Å². The number of ether oxygens (including phenoxy) is 2. The number of aromatic amines is 1. The summed E-state index contributed by atoms with van der Waals surface area (Å²) in [5.41, 5.74) is 2.00. The second-order valence-electron chi connectivity index (χ2n) is 5.53. The van der Waals surface area contributed by atoms with Crippen molar-refractivity contribution in [1.82, 2.24) is 30.5 Å². The monoisotopic (exact) mass is 346 g/mol. The molecule has 0 unspecified atom stereocenters. The summed E-state index contributed by atoms with van der Waals surface area (Å²) in [7, 11) is 0. The molecule has 2 aromatic heterocycles. The van der Waals surface area contributed by atoms with Gasteiger partial charge < -0.3 is 14.8 Å². The van der Waals surface area contributed by atoms with Crippen LogP contribution in [0, 0.1) is 0 Å². The molecule has 0 saturated heterocycles. The molecule has 1 aliphatic heterocycles. The second kappa shape index (κ2) is 6.38. The van der Waals surface area contributed by atoms with E-state index in [1.165, 1.54) is 4.80 Å². The summed E-state index contributed by atoms with van der Waals surface area (Å²) >= 11 is 0. The molecule has 0 aliphatic carbocycles. The maximum atomic E-state index is 13.9. The Morgan fingerprint density at radius 1 is 1.32 bits per heavy atom. The summed E-state index contributed by atoms with van der Waals surface area (Å²) in [6.07, 6.45) is -0.468. The van der Waals surface area contributed by atoms with Gasteiger partial charge in [0.05, 0.1) is 24.8 Å². The number of fused-ring (bicyclic) bond motifs is 4. The van der Waals surface area contributed by atoms with E-state index in [9.17, 15) is 9.18 Å². The van der Waals surface area contributed by atoms with Crippen LogP contribution in [0.5, 0.6) is 5.75 Å². The van der Waals surface area contributed by atoms with E-state index in [-0.39, 0.29) is 26.3 Å². The van der Waals surface area contributed by atoms with Gasteiger partial charge in [-0.25, -0.2) is 9.18 Å². The Kier molecular flexibility index (Phi) is 3.92. The first-order chi connectivity index (χ1) is 12.2. The molecule has 9 nitrogen and oxygen atoms in total. The number of carbonyl (C=O) groups excluding carboxylic acids is 1. The van der Waals surface area contributed by atoms with E-state index >= 15 is 0 Å². The van der Waals surface area contributed by atoms with Gasteiger partial charge in [-0.2, -0.15) is 20.1 Å². The minimum atomic E-state index is -1.35. The van der Waals surface area contributed by atoms with Gasteiger partial charge in [-0.05, 0) is 18.2 Å². The van der Waals surface area contributed by atoms with Gasteiger partial charge in [-0.1, -0.05) is 0 Å². The third-order valence-corrected chi connectivity index (χ3v) is 3.74. The smallest absolute Gasteiger partial charge is 0.407 e. The predicted octanol–water partition coefficient (Wildman–Crippen LogP) is 1.28. The van der Waals surface area contributed by atoms with Crippen LogP contribution in [0.4, 0.5) is 9.18 Å². The van der Waals surface area contributed by atoms with Gasteiger partial charge in [0.25, 0.3) is 0 Å². The van der Waals surface area contributed by atoms with E-state index in [0.29, 0.717) is 17.1 Å². The van der Waals surface area contributed by atoms with Gasteiger partial charge >= 0.3 is 6.09 Å². The van der Waals surface area contributed by atoms with Crippen molar-refractivity contribution in [3.05, 3.63) is 24.4 Å². The van der Waals surface area contributed by atoms with Crippen LogP contribution >= 0.6 is 0 Å². The lowest BCUT2D eigenvalue weighted by molar-refractivity contribution is 0.131. The van der Waals surface area contributed by atoms with Crippen LogP contribution in [-0.4, -0.2) is 57.2 Å². The lowest BCUT2D eigenvalue weighted by Gasteiger charge is -2.12. The maximum Gasteiger partial charge on any atom is 0.407 e. The Labute approximate surface area is 141 Å². The zero-order chi connectivity index (χ0) is 17.2. The maximum absolute atomic E-state index is 13.9. The van der Waals surface area contributed by atoms with Gasteiger partial charge in [0, 0.05) is 5.39 Å². The van der Waals surface area contributed by atoms with E-state index < -0.39 is 12.3 Å². The lowest BCUT2D eigenvalue weighted by atomic mass is 10.1. The molecular weight excluding hydrogens is 331 g/mol. The second-order valence-corrected chi connectivity index (χ2v) is 5.53. The fourth-order valence-electron chi connectivity index (χ4n) is 2.50. The average Bonchev–Trinajstić information content (AvgIpc) is 3.23. The van der Waals surface area contributed by atoms with Crippen LogP contribution in [0.2, 0.25) is 0 Å². The Morgan fingerprint density at radius 3 is 3.16 bits per heavy atom. The number of alkyl halides is 1. The highest BCUT2D eigenvalue weighted by atomic mass is 19.1. The zero-order valence-corrected chi connectivity index (χ0v) is 13.1. The third-order valence-electron chi connectivity index (χ3n) is 3.74. The summed E-state index contributed by atoms with van der Waals surface area (Å²) in [5.74, 6) is 0.500. The summed E-state index contributed by atoms with van der Waals surface area (Å²) in [6.45, 7) is -0.0284. The van der Waals surface area contributed by atoms with Crippen molar-refractivity contribution in [3.63, 3.8) is 0 Å². The van der Waals surface area contributed by atoms with Gasteiger partial charge in [-0.3, -0.25) is 5.10 Å². The van der Waals surface area contributed by atoms with Crippen LogP contribution in [0.1, 0.15) is 0 Å². The number of hydrogen-bond donors (Lipinski definition) is 2. The number of amides is 1. The number of alkyl carbamates (subject to hydrolysis) is 1. The topological polar surface area (TPSA) is 107 Å². The molecule has 1 aliphatic rings. The highest BCUT2D eigenvalue weighted by Crippen LogP contribution is 2.28. The van der Waals surface area contributed by atoms with E-state index in [2.05, 4.69) is 25.7 Å². The van der Waals surface area contributed by atoms with E-state index in [4.69, 9.17) is 9.47 Å². The lowest BCUT2D eigenvalue weighted by Crippen LogP contribution is -2.34. The number of H-pyrrole nitrogens is 1. The molecule has 0 spiro atoms. The Hall–Kier alpha value is -3.17. The minimum absolute atomic E-state index is 0.0683. The SMILES string of the molecule is O=C1NC[C@H](F)COc2ccc3[nH]nc(c3c2)-c2cnn(n2)CCO1. The fraction of sp³-hybridized carbons (Fsp3) is 0.333. The van der Waals surface area contributed by atoms with Crippen LogP contribution in [0.15, 0.2) is 24.4 Å². The number of aromatic nitrogens is 5. The quantitative estimate of drug-likeness (QED) is 0.635. The molecular formula is C15H15FN6O3. The number of hydrogen-bond acceptors (Lipinski definition) is 6. The number of cyclic esters (lactones) is 1. The third kappa shape index (κ3) is 3.23. The largest absolute Gasteiger partial charge is 0.490 e. The average molecular weight is 346 g/mol. The number of nitrogens with zero attached hydrogens (tertiary/aromatic N) is 4. The molecule has 0 fully saturated rings.